The number of carbonyl (C=O) groups excluding carboxylic acids is 1. The Balaban J connectivity index is 2.96. The Bertz CT molecular complexity index is 397. The van der Waals surface area contributed by atoms with E-state index in [9.17, 15) is 9.18 Å². The smallest absolute Gasteiger partial charge is 0.165 e. The van der Waals surface area contributed by atoms with Gasteiger partial charge in [0.05, 0.1) is 0 Å². The predicted molar refractivity (Wildman–Crippen MR) is 61.4 cm³/mol. The van der Waals surface area contributed by atoms with Crippen molar-refractivity contribution in [2.75, 3.05) is 0 Å². The van der Waals surface area contributed by atoms with E-state index in [4.69, 9.17) is 4.74 Å². The lowest BCUT2D eigenvalue weighted by atomic mass is 10.1. The summed E-state index contributed by atoms with van der Waals surface area (Å²) in [6.07, 6.45) is 0.779. The fourth-order valence-electron chi connectivity index (χ4n) is 1.17. The van der Waals surface area contributed by atoms with Crippen LogP contribution in [0.5, 0.6) is 5.75 Å². The Labute approximate surface area is 95.4 Å². The zero-order chi connectivity index (χ0) is 12.3. The summed E-state index contributed by atoms with van der Waals surface area (Å²) in [4.78, 5) is 11.0. The van der Waals surface area contributed by atoms with Gasteiger partial charge in [0.2, 0.25) is 0 Å². The summed E-state index contributed by atoms with van der Waals surface area (Å²) < 4.78 is 19.1. The second-order valence-electron chi connectivity index (χ2n) is 4.42. The molecular formula is C13H17FO2. The number of hydrogen-bond acceptors (Lipinski definition) is 2. The second-order valence-corrected chi connectivity index (χ2v) is 4.42. The molecule has 88 valence electrons. The first-order valence-electron chi connectivity index (χ1n) is 5.35. The summed E-state index contributed by atoms with van der Waals surface area (Å²) in [6.45, 7) is 7.17. The van der Waals surface area contributed by atoms with Gasteiger partial charge in [-0.3, -0.25) is 4.79 Å². The largest absolute Gasteiger partial charge is 0.485 e. The monoisotopic (exact) mass is 224 g/mol. The first-order chi connectivity index (χ1) is 7.35. The van der Waals surface area contributed by atoms with E-state index < -0.39 is 11.4 Å². The van der Waals surface area contributed by atoms with E-state index in [0.29, 0.717) is 5.56 Å². The average Bonchev–Trinajstić information content (AvgIpc) is 2.20. The van der Waals surface area contributed by atoms with Crippen LogP contribution in [0.25, 0.3) is 0 Å². The van der Waals surface area contributed by atoms with Gasteiger partial charge in [0.1, 0.15) is 5.60 Å². The Morgan fingerprint density at radius 1 is 1.44 bits per heavy atom. The maximum atomic E-state index is 13.6. The van der Waals surface area contributed by atoms with Crippen molar-refractivity contribution >= 4 is 5.78 Å². The first-order valence-corrected chi connectivity index (χ1v) is 5.35. The van der Waals surface area contributed by atoms with Crippen molar-refractivity contribution in [3.05, 3.63) is 29.6 Å². The van der Waals surface area contributed by atoms with E-state index in [1.54, 1.807) is 6.07 Å². The Morgan fingerprint density at radius 2 is 2.06 bits per heavy atom. The molecule has 0 fully saturated rings. The molecule has 2 nitrogen and oxygen atoms in total. The van der Waals surface area contributed by atoms with E-state index in [1.165, 1.54) is 19.1 Å². The minimum atomic E-state index is -0.491. The number of rotatable bonds is 4. The van der Waals surface area contributed by atoms with Crippen molar-refractivity contribution in [2.24, 2.45) is 0 Å². The molecule has 0 aliphatic heterocycles. The van der Waals surface area contributed by atoms with E-state index >= 15 is 0 Å². The van der Waals surface area contributed by atoms with Crippen LogP contribution in [0.1, 0.15) is 44.5 Å². The van der Waals surface area contributed by atoms with Crippen LogP contribution >= 0.6 is 0 Å². The third kappa shape index (κ3) is 3.05. The Morgan fingerprint density at radius 3 is 2.50 bits per heavy atom. The summed E-state index contributed by atoms with van der Waals surface area (Å²) in [5.41, 5.74) is -0.0439. The maximum Gasteiger partial charge on any atom is 0.165 e. The highest BCUT2D eigenvalue weighted by atomic mass is 19.1. The zero-order valence-corrected chi connectivity index (χ0v) is 10.1. The summed E-state index contributed by atoms with van der Waals surface area (Å²) in [6, 6.07) is 4.29. The molecule has 0 saturated carbocycles. The molecule has 0 bridgehead atoms. The molecule has 0 radical (unpaired) electrons. The van der Waals surface area contributed by atoms with Gasteiger partial charge in [0.15, 0.2) is 17.3 Å². The predicted octanol–water partition coefficient (Wildman–Crippen LogP) is 3.60. The molecular weight excluding hydrogens is 207 g/mol. The number of halogens is 1. The van der Waals surface area contributed by atoms with Crippen LogP contribution in [-0.4, -0.2) is 11.4 Å². The van der Waals surface area contributed by atoms with E-state index in [1.807, 2.05) is 20.8 Å². The highest BCUT2D eigenvalue weighted by Gasteiger charge is 2.19. The first kappa shape index (κ1) is 12.7. The van der Waals surface area contributed by atoms with Crippen molar-refractivity contribution in [1.82, 2.24) is 0 Å². The molecule has 3 heteroatoms. The molecule has 0 N–H and O–H groups in total. The van der Waals surface area contributed by atoms with Gasteiger partial charge < -0.3 is 4.74 Å². The lowest BCUT2D eigenvalue weighted by Gasteiger charge is -2.25. The maximum absolute atomic E-state index is 13.6. The third-order valence-electron chi connectivity index (χ3n) is 2.58. The summed E-state index contributed by atoms with van der Waals surface area (Å²) in [5.74, 6) is -0.453. The molecule has 1 aromatic rings. The quantitative estimate of drug-likeness (QED) is 0.730. The van der Waals surface area contributed by atoms with Gasteiger partial charge in [0.25, 0.3) is 0 Å². The standard InChI is InChI=1S/C13H17FO2/c1-5-13(3,4)16-12-7-6-10(9(2)15)8-11(12)14/h6-8H,5H2,1-4H3. The molecule has 0 heterocycles. The fourth-order valence-corrected chi connectivity index (χ4v) is 1.17. The van der Waals surface area contributed by atoms with Crippen molar-refractivity contribution in [2.45, 2.75) is 39.7 Å². The Hall–Kier alpha value is -1.38. The molecule has 0 aromatic heterocycles. The zero-order valence-electron chi connectivity index (χ0n) is 10.1. The normalized spacial score (nSPS) is 11.3. The number of Topliss-reactive ketones (excluding diaryl/α,β-unsaturated/α-hetero) is 1. The summed E-state index contributed by atoms with van der Waals surface area (Å²) in [7, 11) is 0. The van der Waals surface area contributed by atoms with Gasteiger partial charge in [-0.2, -0.15) is 0 Å². The SMILES string of the molecule is CCC(C)(C)Oc1ccc(C(C)=O)cc1F. The van der Waals surface area contributed by atoms with Crippen LogP contribution in [0.15, 0.2) is 18.2 Å². The highest BCUT2D eigenvalue weighted by Crippen LogP contribution is 2.24. The molecule has 0 aliphatic carbocycles. The highest BCUT2D eigenvalue weighted by molar-refractivity contribution is 5.94. The van der Waals surface area contributed by atoms with Gasteiger partial charge in [-0.15, -0.1) is 0 Å². The lowest BCUT2D eigenvalue weighted by Crippen LogP contribution is -2.27. The molecule has 0 aliphatic rings. The van der Waals surface area contributed by atoms with Crippen LogP contribution in [0.4, 0.5) is 4.39 Å². The Kier molecular flexibility index (Phi) is 3.68. The fraction of sp³-hybridized carbons (Fsp3) is 0.462. The third-order valence-corrected chi connectivity index (χ3v) is 2.58. The van der Waals surface area contributed by atoms with Crippen LogP contribution in [0.3, 0.4) is 0 Å². The molecule has 0 saturated heterocycles. The van der Waals surface area contributed by atoms with Crippen LogP contribution in [0, 0.1) is 5.82 Å². The molecule has 0 unspecified atom stereocenters. The number of carbonyl (C=O) groups is 1. The minimum absolute atomic E-state index is 0.153. The van der Waals surface area contributed by atoms with Gasteiger partial charge in [0, 0.05) is 5.56 Å². The van der Waals surface area contributed by atoms with Crippen molar-refractivity contribution in [3.8, 4) is 5.75 Å². The number of ether oxygens (including phenoxy) is 1. The van der Waals surface area contributed by atoms with Crippen molar-refractivity contribution in [3.63, 3.8) is 0 Å². The summed E-state index contributed by atoms with van der Waals surface area (Å²) >= 11 is 0. The van der Waals surface area contributed by atoms with Crippen molar-refractivity contribution in [1.29, 1.82) is 0 Å². The van der Waals surface area contributed by atoms with Gasteiger partial charge >= 0.3 is 0 Å². The van der Waals surface area contributed by atoms with Gasteiger partial charge in [-0.05, 0) is 45.4 Å². The van der Waals surface area contributed by atoms with Crippen molar-refractivity contribution < 1.29 is 13.9 Å². The van der Waals surface area contributed by atoms with E-state index in [-0.39, 0.29) is 11.5 Å². The van der Waals surface area contributed by atoms with Crippen LogP contribution < -0.4 is 4.74 Å². The minimum Gasteiger partial charge on any atom is -0.485 e. The second kappa shape index (κ2) is 4.64. The van der Waals surface area contributed by atoms with Gasteiger partial charge in [-0.25, -0.2) is 4.39 Å². The lowest BCUT2D eigenvalue weighted by molar-refractivity contribution is 0.0989. The number of ketones is 1. The molecule has 1 aromatic carbocycles. The average molecular weight is 224 g/mol. The molecule has 16 heavy (non-hydrogen) atoms. The topological polar surface area (TPSA) is 26.3 Å². The number of benzene rings is 1. The molecule has 0 spiro atoms. The number of hydrogen-bond donors (Lipinski definition) is 0. The molecule has 0 amide bonds. The molecule has 1 rings (SSSR count). The molecule has 0 atom stereocenters. The summed E-state index contributed by atoms with van der Waals surface area (Å²) in [5, 5.41) is 0. The van der Waals surface area contributed by atoms with Gasteiger partial charge in [-0.1, -0.05) is 6.92 Å². The van der Waals surface area contributed by atoms with E-state index in [2.05, 4.69) is 0 Å². The van der Waals surface area contributed by atoms with Crippen LogP contribution in [-0.2, 0) is 0 Å². The van der Waals surface area contributed by atoms with Crippen LogP contribution in [0.2, 0.25) is 0 Å². The van der Waals surface area contributed by atoms with E-state index in [0.717, 1.165) is 6.42 Å².